The fraction of sp³-hybridized carbons (Fsp3) is 0.381. The third-order valence-corrected chi connectivity index (χ3v) is 5.59. The zero-order valence-corrected chi connectivity index (χ0v) is 17.1. The number of hydrogen-bond donors (Lipinski definition) is 1. The minimum Gasteiger partial charge on any atom is -0.468 e. The van der Waals surface area contributed by atoms with Gasteiger partial charge in [0, 0.05) is 35.0 Å². The van der Waals surface area contributed by atoms with Crippen molar-refractivity contribution in [2.24, 2.45) is 11.8 Å². The summed E-state index contributed by atoms with van der Waals surface area (Å²) in [5, 5.41) is 14.2. The molecule has 0 bridgehead atoms. The number of ketones is 1. The lowest BCUT2D eigenvalue weighted by atomic mass is 9.69. The van der Waals surface area contributed by atoms with E-state index in [1.165, 1.54) is 38.5 Å². The number of allylic oxidation sites excluding steroid dienone is 3. The summed E-state index contributed by atoms with van der Waals surface area (Å²) in [6.45, 7) is 3.50. The summed E-state index contributed by atoms with van der Waals surface area (Å²) in [4.78, 5) is 48.8. The number of ether oxygens (including phenoxy) is 2. The van der Waals surface area contributed by atoms with Crippen LogP contribution in [0.2, 0.25) is 0 Å². The van der Waals surface area contributed by atoms with Gasteiger partial charge in [-0.1, -0.05) is 19.1 Å². The summed E-state index contributed by atoms with van der Waals surface area (Å²) in [6.07, 6.45) is 0.413. The third kappa shape index (κ3) is 3.47. The van der Waals surface area contributed by atoms with Gasteiger partial charge in [0.25, 0.3) is 5.69 Å². The number of nitro benzene ring substituents is 1. The first-order valence-electron chi connectivity index (χ1n) is 9.36. The number of nitrogens with zero attached hydrogens (tertiary/aromatic N) is 1. The maximum absolute atomic E-state index is 13.4. The molecule has 0 aromatic heterocycles. The van der Waals surface area contributed by atoms with Gasteiger partial charge in [-0.3, -0.25) is 19.7 Å². The molecular weight excluding hydrogens is 392 g/mol. The average Bonchev–Trinajstić information content (AvgIpc) is 2.72. The van der Waals surface area contributed by atoms with Crippen LogP contribution in [0.4, 0.5) is 5.69 Å². The van der Waals surface area contributed by atoms with Gasteiger partial charge in [0.2, 0.25) is 0 Å². The Morgan fingerprint density at radius 3 is 2.33 bits per heavy atom. The highest BCUT2D eigenvalue weighted by Crippen LogP contribution is 2.45. The summed E-state index contributed by atoms with van der Waals surface area (Å²) in [5.74, 6) is -3.79. The molecule has 1 heterocycles. The molecule has 0 radical (unpaired) electrons. The lowest BCUT2D eigenvalue weighted by Gasteiger charge is -2.38. The second-order valence-electron chi connectivity index (χ2n) is 7.38. The number of carbonyl (C=O) groups is 3. The molecule has 1 aromatic carbocycles. The number of nitrogens with one attached hydrogen (secondary N) is 1. The molecule has 2 aliphatic rings. The quantitative estimate of drug-likeness (QED) is 0.345. The molecule has 0 unspecified atom stereocenters. The SMILES string of the molecule is COC(=O)C1=C(C)NC2=C(C(=O)[C@H](C(=O)OC)[C@@H](C)C2)[C@@H]1c1ccc([N+](=O)[O-])cc1. The second-order valence-corrected chi connectivity index (χ2v) is 7.38. The molecule has 0 fully saturated rings. The van der Waals surface area contributed by atoms with Gasteiger partial charge < -0.3 is 14.8 Å². The Bertz CT molecular complexity index is 991. The van der Waals surface area contributed by atoms with Crippen LogP contribution in [0.25, 0.3) is 0 Å². The summed E-state index contributed by atoms with van der Waals surface area (Å²) >= 11 is 0. The second kappa shape index (κ2) is 8.10. The van der Waals surface area contributed by atoms with Gasteiger partial charge in [0.1, 0.15) is 5.92 Å². The van der Waals surface area contributed by atoms with E-state index < -0.39 is 34.5 Å². The van der Waals surface area contributed by atoms with Crippen molar-refractivity contribution >= 4 is 23.4 Å². The summed E-state index contributed by atoms with van der Waals surface area (Å²) in [6, 6.07) is 5.64. The molecule has 3 rings (SSSR count). The number of carbonyl (C=O) groups excluding carboxylic acids is 3. The number of Topliss-reactive ketones (excluding diaryl/α,β-unsaturated/α-hetero) is 1. The molecule has 0 saturated carbocycles. The number of hydrogen-bond acceptors (Lipinski definition) is 8. The van der Waals surface area contributed by atoms with Crippen molar-refractivity contribution in [3.05, 3.63) is 62.5 Å². The Balaban J connectivity index is 2.19. The summed E-state index contributed by atoms with van der Waals surface area (Å²) in [7, 11) is 2.46. The highest BCUT2D eigenvalue weighted by molar-refractivity contribution is 6.12. The topological polar surface area (TPSA) is 125 Å². The van der Waals surface area contributed by atoms with Crippen LogP contribution in [0, 0.1) is 22.0 Å². The Hall–Kier alpha value is -3.49. The molecule has 3 atom stereocenters. The number of esters is 2. The Labute approximate surface area is 172 Å². The minimum absolute atomic E-state index is 0.113. The van der Waals surface area contributed by atoms with Gasteiger partial charge in [-0.25, -0.2) is 4.79 Å². The predicted molar refractivity (Wildman–Crippen MR) is 105 cm³/mol. The van der Waals surface area contributed by atoms with E-state index in [4.69, 9.17) is 9.47 Å². The number of rotatable bonds is 4. The van der Waals surface area contributed by atoms with Crippen LogP contribution in [0.1, 0.15) is 31.7 Å². The molecule has 9 heteroatoms. The lowest BCUT2D eigenvalue weighted by molar-refractivity contribution is -0.384. The van der Waals surface area contributed by atoms with Crippen molar-refractivity contribution < 1.29 is 28.8 Å². The lowest BCUT2D eigenvalue weighted by Crippen LogP contribution is -2.43. The van der Waals surface area contributed by atoms with Crippen LogP contribution in [0.5, 0.6) is 0 Å². The Morgan fingerprint density at radius 2 is 1.80 bits per heavy atom. The van der Waals surface area contributed by atoms with Gasteiger partial charge in [-0.05, 0) is 24.8 Å². The van der Waals surface area contributed by atoms with Crippen molar-refractivity contribution in [2.45, 2.75) is 26.2 Å². The van der Waals surface area contributed by atoms with Crippen LogP contribution in [-0.4, -0.2) is 36.9 Å². The number of nitro groups is 1. The maximum Gasteiger partial charge on any atom is 0.336 e. The number of non-ortho nitro benzene ring substituents is 1. The van der Waals surface area contributed by atoms with Crippen molar-refractivity contribution in [2.75, 3.05) is 14.2 Å². The first kappa shape index (κ1) is 21.2. The molecular formula is C21H22N2O7. The molecule has 1 aliphatic carbocycles. The van der Waals surface area contributed by atoms with E-state index in [1.807, 2.05) is 0 Å². The van der Waals surface area contributed by atoms with Gasteiger partial charge >= 0.3 is 11.9 Å². The van der Waals surface area contributed by atoms with Gasteiger partial charge in [-0.2, -0.15) is 0 Å². The molecule has 158 valence electrons. The van der Waals surface area contributed by atoms with Gasteiger partial charge in [0.05, 0.1) is 24.7 Å². The molecule has 0 amide bonds. The van der Waals surface area contributed by atoms with E-state index >= 15 is 0 Å². The van der Waals surface area contributed by atoms with Crippen molar-refractivity contribution in [1.82, 2.24) is 5.32 Å². The molecule has 0 saturated heterocycles. The average molecular weight is 414 g/mol. The summed E-state index contributed by atoms with van der Waals surface area (Å²) < 4.78 is 9.76. The maximum atomic E-state index is 13.4. The van der Waals surface area contributed by atoms with Crippen LogP contribution < -0.4 is 5.32 Å². The van der Waals surface area contributed by atoms with Crippen LogP contribution in [-0.2, 0) is 23.9 Å². The Morgan fingerprint density at radius 1 is 1.17 bits per heavy atom. The van der Waals surface area contributed by atoms with E-state index in [9.17, 15) is 24.5 Å². The van der Waals surface area contributed by atoms with Crippen LogP contribution in [0.15, 0.2) is 46.8 Å². The minimum atomic E-state index is -0.992. The molecule has 1 aromatic rings. The van der Waals surface area contributed by atoms with E-state index in [0.29, 0.717) is 23.4 Å². The molecule has 0 spiro atoms. The molecule has 9 nitrogen and oxygen atoms in total. The first-order chi connectivity index (χ1) is 14.2. The van der Waals surface area contributed by atoms with E-state index in [0.717, 1.165) is 0 Å². The normalized spacial score (nSPS) is 23.5. The van der Waals surface area contributed by atoms with E-state index in [2.05, 4.69) is 5.32 Å². The number of benzene rings is 1. The smallest absolute Gasteiger partial charge is 0.336 e. The highest BCUT2D eigenvalue weighted by Gasteiger charge is 2.47. The van der Waals surface area contributed by atoms with Crippen LogP contribution >= 0.6 is 0 Å². The molecule has 30 heavy (non-hydrogen) atoms. The fourth-order valence-corrected chi connectivity index (χ4v) is 4.18. The van der Waals surface area contributed by atoms with Gasteiger partial charge in [-0.15, -0.1) is 0 Å². The molecule has 1 N–H and O–H groups in total. The summed E-state index contributed by atoms with van der Waals surface area (Å²) in [5.41, 5.74) is 2.06. The zero-order chi connectivity index (χ0) is 22.2. The zero-order valence-electron chi connectivity index (χ0n) is 17.1. The van der Waals surface area contributed by atoms with Crippen molar-refractivity contribution in [3.63, 3.8) is 0 Å². The van der Waals surface area contributed by atoms with E-state index in [1.54, 1.807) is 13.8 Å². The Kier molecular flexibility index (Phi) is 5.73. The molecule has 1 aliphatic heterocycles. The third-order valence-electron chi connectivity index (χ3n) is 5.59. The monoisotopic (exact) mass is 414 g/mol. The standard InChI is InChI=1S/C21H22N2O7/c1-10-9-14-18(19(24)15(10)20(25)29-3)17(16(11(2)22-14)21(26)30-4)12-5-7-13(8-6-12)23(27)28/h5-8,10,15,17,22H,9H2,1-4H3/t10-,15+,17+/m0/s1. The predicted octanol–water partition coefficient (Wildman–Crippen LogP) is 2.38. The first-order valence-corrected chi connectivity index (χ1v) is 9.36. The fourth-order valence-electron chi connectivity index (χ4n) is 4.18. The van der Waals surface area contributed by atoms with Crippen molar-refractivity contribution in [1.29, 1.82) is 0 Å². The highest BCUT2D eigenvalue weighted by atomic mass is 16.6. The van der Waals surface area contributed by atoms with Crippen LogP contribution in [0.3, 0.4) is 0 Å². The number of dihydropyridines is 1. The van der Waals surface area contributed by atoms with Gasteiger partial charge in [0.15, 0.2) is 5.78 Å². The largest absolute Gasteiger partial charge is 0.468 e. The van der Waals surface area contributed by atoms with E-state index in [-0.39, 0.29) is 22.8 Å². The van der Waals surface area contributed by atoms with Crippen molar-refractivity contribution in [3.8, 4) is 0 Å². The number of methoxy groups -OCH3 is 2.